The van der Waals surface area contributed by atoms with E-state index in [0.29, 0.717) is 18.6 Å². The van der Waals surface area contributed by atoms with Gasteiger partial charge in [-0.1, -0.05) is 146 Å². The Morgan fingerprint density at radius 2 is 1.10 bits per heavy atom. The van der Waals surface area contributed by atoms with Gasteiger partial charge in [-0.3, -0.25) is 4.79 Å². The summed E-state index contributed by atoms with van der Waals surface area (Å²) < 4.78 is 0. The molecule has 1 atom stereocenters. The van der Waals surface area contributed by atoms with E-state index in [9.17, 15) is 9.90 Å². The van der Waals surface area contributed by atoms with Crippen LogP contribution in [0.2, 0.25) is 0 Å². The Labute approximate surface area is 256 Å². The molecule has 1 unspecified atom stereocenters. The Kier molecular flexibility index (Phi) is 13.2. The summed E-state index contributed by atoms with van der Waals surface area (Å²) in [6, 6.07) is 0. The second kappa shape index (κ2) is 15.8. The zero-order valence-electron chi connectivity index (χ0n) is 27.8. The molecule has 0 fully saturated rings. The van der Waals surface area contributed by atoms with Gasteiger partial charge in [0.1, 0.15) is 5.78 Å². The van der Waals surface area contributed by atoms with Gasteiger partial charge >= 0.3 is 0 Å². The van der Waals surface area contributed by atoms with Gasteiger partial charge in [-0.25, -0.2) is 0 Å². The largest absolute Gasteiger partial charge is 0.393 e. The molecule has 1 N–H and O–H groups in total. The van der Waals surface area contributed by atoms with Crippen molar-refractivity contribution in [2.45, 2.75) is 101 Å². The normalized spacial score (nSPS) is 23.3. The summed E-state index contributed by atoms with van der Waals surface area (Å²) in [5.41, 5.74) is 9.76. The van der Waals surface area contributed by atoms with Crippen LogP contribution in [0.3, 0.4) is 0 Å². The second-order valence-corrected chi connectivity index (χ2v) is 13.5. The van der Waals surface area contributed by atoms with Crippen LogP contribution < -0.4 is 0 Å². The average Bonchev–Trinajstić information content (AvgIpc) is 2.84. The number of carbonyl (C=O) groups is 1. The number of carbonyl (C=O) groups excluding carboxylic acids is 1. The van der Waals surface area contributed by atoms with Gasteiger partial charge in [0.25, 0.3) is 0 Å². The molecular weight excluding hydrogens is 512 g/mol. The minimum Gasteiger partial charge on any atom is -0.393 e. The highest BCUT2D eigenvalue weighted by molar-refractivity contribution is 5.84. The predicted molar refractivity (Wildman–Crippen MR) is 183 cm³/mol. The number of Topliss-reactive ketones (excluding diaryl/α,β-unsaturated/α-hetero) is 1. The van der Waals surface area contributed by atoms with Crippen molar-refractivity contribution in [3.8, 4) is 0 Å². The molecule has 226 valence electrons. The van der Waals surface area contributed by atoms with Crippen molar-refractivity contribution in [2.24, 2.45) is 10.8 Å². The Balaban J connectivity index is 1.91. The van der Waals surface area contributed by atoms with Crippen molar-refractivity contribution in [1.82, 2.24) is 0 Å². The van der Waals surface area contributed by atoms with Crippen LogP contribution in [0.15, 0.2) is 130 Å². The fraction of sp³-hybridized carbons (Fsp3) is 0.425. The van der Waals surface area contributed by atoms with Gasteiger partial charge < -0.3 is 5.11 Å². The van der Waals surface area contributed by atoms with Crippen molar-refractivity contribution in [3.05, 3.63) is 130 Å². The van der Waals surface area contributed by atoms with E-state index in [2.05, 4.69) is 154 Å². The smallest absolute Gasteiger partial charge is 0.137 e. The van der Waals surface area contributed by atoms with E-state index in [1.54, 1.807) is 0 Å². The number of hydrogen-bond acceptors (Lipinski definition) is 2. The van der Waals surface area contributed by atoms with E-state index in [4.69, 9.17) is 0 Å². The van der Waals surface area contributed by atoms with Crippen molar-refractivity contribution in [3.63, 3.8) is 0 Å². The van der Waals surface area contributed by atoms with Crippen LogP contribution in [-0.2, 0) is 4.79 Å². The van der Waals surface area contributed by atoms with Crippen molar-refractivity contribution >= 4 is 5.78 Å². The lowest BCUT2D eigenvalue weighted by Crippen LogP contribution is -2.28. The topological polar surface area (TPSA) is 37.3 Å². The van der Waals surface area contributed by atoms with Crippen molar-refractivity contribution in [2.75, 3.05) is 0 Å². The van der Waals surface area contributed by atoms with Gasteiger partial charge in [-0.05, 0) is 76.4 Å². The Hall–Kier alpha value is -3.23. The maximum Gasteiger partial charge on any atom is 0.137 e. The second-order valence-electron chi connectivity index (χ2n) is 13.5. The first-order chi connectivity index (χ1) is 19.6. The molecule has 0 saturated heterocycles. The van der Waals surface area contributed by atoms with E-state index in [1.165, 1.54) is 44.6 Å². The van der Waals surface area contributed by atoms with Crippen molar-refractivity contribution < 1.29 is 9.90 Å². The highest BCUT2D eigenvalue weighted by atomic mass is 16.3. The molecule has 2 heteroatoms. The number of hydrogen-bond donors (Lipinski definition) is 1. The summed E-state index contributed by atoms with van der Waals surface area (Å²) in [4.78, 5) is 12.0. The molecule has 2 aliphatic rings. The average molecular weight is 567 g/mol. The summed E-state index contributed by atoms with van der Waals surface area (Å²) in [7, 11) is 0. The van der Waals surface area contributed by atoms with Crippen LogP contribution in [0.4, 0.5) is 0 Å². The number of rotatable bonds is 10. The lowest BCUT2D eigenvalue weighted by Gasteiger charge is -2.35. The molecular formula is C40H54O2. The minimum atomic E-state index is -0.228. The molecule has 42 heavy (non-hydrogen) atoms. The number of allylic oxidation sites excluding steroid dienone is 21. The third-order valence-corrected chi connectivity index (χ3v) is 8.06. The molecule has 0 aromatic rings. The van der Waals surface area contributed by atoms with Crippen LogP contribution in [0, 0.1) is 10.8 Å². The molecule has 0 aromatic carbocycles. The number of aliphatic hydroxyl groups is 1. The fourth-order valence-corrected chi connectivity index (χ4v) is 5.94. The maximum absolute atomic E-state index is 12.0. The monoisotopic (exact) mass is 566 g/mol. The molecule has 0 heterocycles. The van der Waals surface area contributed by atoms with E-state index in [-0.39, 0.29) is 16.9 Å². The van der Waals surface area contributed by atoms with Crippen molar-refractivity contribution in [1.29, 1.82) is 0 Å². The third-order valence-electron chi connectivity index (χ3n) is 8.06. The zero-order valence-corrected chi connectivity index (χ0v) is 27.8. The highest BCUT2D eigenvalue weighted by Crippen LogP contribution is 2.41. The summed E-state index contributed by atoms with van der Waals surface area (Å²) >= 11 is 0. The van der Waals surface area contributed by atoms with Crippen LogP contribution >= 0.6 is 0 Å². The third kappa shape index (κ3) is 11.6. The summed E-state index contributed by atoms with van der Waals surface area (Å²) in [6.45, 7) is 21.4. The predicted octanol–water partition coefficient (Wildman–Crippen LogP) is 10.8. The molecule has 2 rings (SSSR count). The molecule has 0 bridgehead atoms. The molecule has 2 nitrogen and oxygen atoms in total. The lowest BCUT2D eigenvalue weighted by molar-refractivity contribution is -0.120. The molecule has 2 aliphatic carbocycles. The lowest BCUT2D eigenvalue weighted by atomic mass is 9.71. The summed E-state index contributed by atoms with van der Waals surface area (Å²) in [5, 5.41) is 10.1. The van der Waals surface area contributed by atoms with Crippen LogP contribution in [-0.4, -0.2) is 17.0 Å². The Morgan fingerprint density at radius 1 is 0.667 bits per heavy atom. The molecule has 0 amide bonds. The van der Waals surface area contributed by atoms with E-state index in [1.807, 2.05) is 0 Å². The first-order valence-electron chi connectivity index (χ1n) is 15.3. The zero-order chi connectivity index (χ0) is 31.5. The van der Waals surface area contributed by atoms with Crippen LogP contribution in [0.5, 0.6) is 0 Å². The van der Waals surface area contributed by atoms with Crippen LogP contribution in [0.25, 0.3) is 0 Å². The first-order valence-corrected chi connectivity index (χ1v) is 15.3. The number of aliphatic hydroxyl groups excluding tert-OH is 1. The van der Waals surface area contributed by atoms with E-state index < -0.39 is 0 Å². The summed E-state index contributed by atoms with van der Waals surface area (Å²) in [6.07, 6.45) is 32.3. The molecule has 0 spiro atoms. The van der Waals surface area contributed by atoms with Gasteiger partial charge in [-0.15, -0.1) is 0 Å². The van der Waals surface area contributed by atoms with E-state index >= 15 is 0 Å². The quantitative estimate of drug-likeness (QED) is 0.267. The SMILES string of the molecule is CC1=C(/C=C/C(C)=C/C=C/C(C)=C/C=C/C=C(C)/C=C/C=C(C)/C=C/C2=C(C)CC(O)CC2(C)C)C(C)(C)CC(=O)C1. The standard InChI is InChI=1S/C40H54O2/c1-29(17-13-19-31(3)21-23-37-33(5)25-35(41)27-39(37,7)8)15-11-12-16-30(2)18-14-20-32(4)22-24-38-34(6)26-36(42)28-40(38,9)10/h11-24,35,41H,25-28H2,1-10H3/b12-11+,17-13+,18-14+,23-21+,24-22+,29-15+,30-16+,31-19+,32-20+. The summed E-state index contributed by atoms with van der Waals surface area (Å²) in [5.74, 6) is 0.338. The molecule has 0 saturated carbocycles. The minimum absolute atomic E-state index is 0.00329. The van der Waals surface area contributed by atoms with Crippen LogP contribution in [0.1, 0.15) is 94.9 Å². The molecule has 0 radical (unpaired) electrons. The maximum atomic E-state index is 12.0. The highest BCUT2D eigenvalue weighted by Gasteiger charge is 2.32. The molecule has 0 aliphatic heterocycles. The van der Waals surface area contributed by atoms with Gasteiger partial charge in [0.05, 0.1) is 6.10 Å². The van der Waals surface area contributed by atoms with Gasteiger partial charge in [-0.2, -0.15) is 0 Å². The Morgan fingerprint density at radius 3 is 1.55 bits per heavy atom. The Bertz CT molecular complexity index is 1330. The van der Waals surface area contributed by atoms with Gasteiger partial charge in [0.15, 0.2) is 0 Å². The fourth-order valence-electron chi connectivity index (χ4n) is 5.94. The van der Waals surface area contributed by atoms with Gasteiger partial charge in [0, 0.05) is 12.8 Å². The first kappa shape index (κ1) is 35.0. The number of ketones is 1. The van der Waals surface area contributed by atoms with Gasteiger partial charge in [0.2, 0.25) is 0 Å². The van der Waals surface area contributed by atoms with E-state index in [0.717, 1.165) is 12.8 Å². The molecule has 0 aromatic heterocycles.